The minimum Gasteiger partial charge on any atom is -0.374 e. The van der Waals surface area contributed by atoms with Crippen LogP contribution < -0.4 is 0 Å². The van der Waals surface area contributed by atoms with Crippen molar-refractivity contribution in [2.75, 3.05) is 7.11 Å². The Labute approximate surface area is 121 Å². The number of ether oxygens (including phenoxy) is 1. The maximum absolute atomic E-state index is 13.2. The average molecular weight is 394 g/mol. The summed E-state index contributed by atoms with van der Waals surface area (Å²) < 4.78 is 68.9. The Kier molecular flexibility index (Phi) is 4.82. The minimum atomic E-state index is -5.59. The Balaban J connectivity index is 3.17. The number of rotatable bonds is 4. The lowest BCUT2D eigenvalue weighted by atomic mass is 9.89. The molecule has 108 valence electrons. The van der Waals surface area contributed by atoms with Crippen molar-refractivity contribution in [2.45, 2.75) is 31.0 Å². The Bertz CT molecular complexity index is 446. The van der Waals surface area contributed by atoms with Crippen molar-refractivity contribution in [1.82, 2.24) is 0 Å². The molecule has 0 aromatic heterocycles. The summed E-state index contributed by atoms with van der Waals surface area (Å²) in [6, 6.07) is 6.35. The molecule has 0 N–H and O–H groups in total. The second-order valence-electron chi connectivity index (χ2n) is 4.29. The fraction of sp³-hybridized carbons (Fsp3) is 0.500. The molecule has 1 unspecified atom stereocenters. The Morgan fingerprint density at radius 2 is 1.63 bits per heavy atom. The molecule has 0 heterocycles. The summed E-state index contributed by atoms with van der Waals surface area (Å²) in [5.74, 6) is -4.81. The second kappa shape index (κ2) is 5.51. The van der Waals surface area contributed by atoms with Gasteiger partial charge < -0.3 is 4.74 Å². The smallest absolute Gasteiger partial charge is 0.374 e. The molecule has 0 spiro atoms. The van der Waals surface area contributed by atoms with Gasteiger partial charge in [0, 0.05) is 10.7 Å². The summed E-state index contributed by atoms with van der Waals surface area (Å²) in [7, 11) is 1.12. The van der Waals surface area contributed by atoms with Gasteiger partial charge in [0.2, 0.25) is 0 Å². The Hall–Kier alpha value is -0.440. The van der Waals surface area contributed by atoms with Crippen molar-refractivity contribution in [2.24, 2.45) is 0 Å². The van der Waals surface area contributed by atoms with Gasteiger partial charge in [-0.2, -0.15) is 22.0 Å². The molecule has 1 nitrogen and oxygen atoms in total. The van der Waals surface area contributed by atoms with Crippen molar-refractivity contribution >= 4 is 22.6 Å². The highest BCUT2D eigenvalue weighted by molar-refractivity contribution is 14.1. The van der Waals surface area contributed by atoms with Crippen LogP contribution in [-0.2, 0) is 10.3 Å². The lowest BCUT2D eigenvalue weighted by Gasteiger charge is -2.33. The Morgan fingerprint density at radius 1 is 1.11 bits per heavy atom. The predicted molar refractivity (Wildman–Crippen MR) is 69.1 cm³/mol. The van der Waals surface area contributed by atoms with Crippen LogP contribution >= 0.6 is 22.6 Å². The fourth-order valence-corrected chi connectivity index (χ4v) is 2.65. The molecule has 0 fully saturated rings. The monoisotopic (exact) mass is 394 g/mol. The third-order valence-corrected chi connectivity index (χ3v) is 3.81. The van der Waals surface area contributed by atoms with E-state index in [9.17, 15) is 22.0 Å². The van der Waals surface area contributed by atoms with Crippen molar-refractivity contribution in [3.63, 3.8) is 0 Å². The van der Waals surface area contributed by atoms with E-state index >= 15 is 0 Å². The highest BCUT2D eigenvalue weighted by atomic mass is 127. The quantitative estimate of drug-likeness (QED) is 0.530. The van der Waals surface area contributed by atoms with Gasteiger partial charge in [0.1, 0.15) is 0 Å². The SMILES string of the molecule is COC(C)(CC(F)(F)C(F)(F)F)c1ccccc1I. The van der Waals surface area contributed by atoms with Gasteiger partial charge in [-0.3, -0.25) is 0 Å². The number of halogens is 6. The van der Waals surface area contributed by atoms with Gasteiger partial charge in [0.05, 0.1) is 12.0 Å². The lowest BCUT2D eigenvalue weighted by molar-refractivity contribution is -0.298. The molecule has 1 aromatic rings. The average Bonchev–Trinajstić information content (AvgIpc) is 2.27. The van der Waals surface area contributed by atoms with Crippen LogP contribution in [0.15, 0.2) is 24.3 Å². The number of methoxy groups -OCH3 is 1. The van der Waals surface area contributed by atoms with Crippen LogP contribution in [0.25, 0.3) is 0 Å². The molecule has 0 aliphatic heterocycles. The van der Waals surface area contributed by atoms with Crippen molar-refractivity contribution in [3.8, 4) is 0 Å². The first-order chi connectivity index (χ1) is 8.53. The number of hydrogen-bond acceptors (Lipinski definition) is 1. The van der Waals surface area contributed by atoms with Crippen LogP contribution in [0.3, 0.4) is 0 Å². The first-order valence-electron chi connectivity index (χ1n) is 5.28. The van der Waals surface area contributed by atoms with Crippen LogP contribution in [0, 0.1) is 3.57 Å². The van der Waals surface area contributed by atoms with Crippen LogP contribution in [0.5, 0.6) is 0 Å². The molecule has 7 heteroatoms. The van der Waals surface area contributed by atoms with E-state index in [4.69, 9.17) is 4.74 Å². The van der Waals surface area contributed by atoms with Gasteiger partial charge in [-0.05, 0) is 41.1 Å². The summed E-state index contributed by atoms with van der Waals surface area (Å²) in [5, 5.41) is 0. The molecule has 1 aromatic carbocycles. The number of alkyl halides is 5. The van der Waals surface area contributed by atoms with Crippen LogP contribution in [-0.4, -0.2) is 19.2 Å². The van der Waals surface area contributed by atoms with Gasteiger partial charge in [0.25, 0.3) is 0 Å². The predicted octanol–water partition coefficient (Wildman–Crippen LogP) is 4.74. The maximum Gasteiger partial charge on any atom is 0.453 e. The van der Waals surface area contributed by atoms with E-state index in [1.54, 1.807) is 18.2 Å². The van der Waals surface area contributed by atoms with Crippen LogP contribution in [0.4, 0.5) is 22.0 Å². The zero-order valence-electron chi connectivity index (χ0n) is 10.2. The van der Waals surface area contributed by atoms with E-state index in [0.29, 0.717) is 9.13 Å². The lowest BCUT2D eigenvalue weighted by Crippen LogP contribution is -2.43. The molecular weight excluding hydrogens is 382 g/mol. The first kappa shape index (κ1) is 16.6. The van der Waals surface area contributed by atoms with Gasteiger partial charge in [-0.25, -0.2) is 0 Å². The summed E-state index contributed by atoms with van der Waals surface area (Å²) in [4.78, 5) is 0. The third kappa shape index (κ3) is 3.56. The van der Waals surface area contributed by atoms with Gasteiger partial charge in [-0.15, -0.1) is 0 Å². The summed E-state index contributed by atoms with van der Waals surface area (Å²) in [6.45, 7) is 1.23. The fourth-order valence-electron chi connectivity index (χ4n) is 1.69. The topological polar surface area (TPSA) is 9.23 Å². The van der Waals surface area contributed by atoms with Crippen molar-refractivity contribution in [3.05, 3.63) is 33.4 Å². The normalized spacial score (nSPS) is 16.2. The molecule has 19 heavy (non-hydrogen) atoms. The van der Waals surface area contributed by atoms with Gasteiger partial charge in [-0.1, -0.05) is 18.2 Å². The van der Waals surface area contributed by atoms with Gasteiger partial charge >= 0.3 is 12.1 Å². The van der Waals surface area contributed by atoms with E-state index in [2.05, 4.69) is 0 Å². The molecular formula is C12H12F5IO. The highest BCUT2D eigenvalue weighted by Gasteiger charge is 2.60. The van der Waals surface area contributed by atoms with Crippen LogP contribution in [0.1, 0.15) is 18.9 Å². The van der Waals surface area contributed by atoms with E-state index in [-0.39, 0.29) is 0 Å². The molecule has 0 bridgehead atoms. The molecule has 0 saturated heterocycles. The largest absolute Gasteiger partial charge is 0.453 e. The van der Waals surface area contributed by atoms with Crippen LogP contribution in [0.2, 0.25) is 0 Å². The number of benzene rings is 1. The standard InChI is InChI=1S/C12H12F5IO/c1-10(19-2,7-11(13,14)12(15,16)17)8-5-3-4-6-9(8)18/h3-6H,7H2,1-2H3. The molecule has 0 saturated carbocycles. The Morgan fingerprint density at radius 3 is 2.05 bits per heavy atom. The van der Waals surface area contributed by atoms with Gasteiger partial charge in [0.15, 0.2) is 0 Å². The zero-order valence-corrected chi connectivity index (χ0v) is 12.4. The molecule has 0 amide bonds. The van der Waals surface area contributed by atoms with Crippen molar-refractivity contribution in [1.29, 1.82) is 0 Å². The maximum atomic E-state index is 13.2. The molecule has 1 atom stereocenters. The van der Waals surface area contributed by atoms with E-state index in [1.807, 2.05) is 22.6 Å². The van der Waals surface area contributed by atoms with E-state index < -0.39 is 24.1 Å². The summed E-state index contributed by atoms with van der Waals surface area (Å²) >= 11 is 1.88. The molecule has 0 aliphatic carbocycles. The molecule has 0 radical (unpaired) electrons. The zero-order chi connectivity index (χ0) is 14.9. The highest BCUT2D eigenvalue weighted by Crippen LogP contribution is 2.45. The summed E-state index contributed by atoms with van der Waals surface area (Å²) in [5.41, 5.74) is -1.40. The molecule has 0 aliphatic rings. The van der Waals surface area contributed by atoms with E-state index in [1.165, 1.54) is 13.0 Å². The van der Waals surface area contributed by atoms with Crippen molar-refractivity contribution < 1.29 is 26.7 Å². The third-order valence-electron chi connectivity index (χ3n) is 2.87. The summed E-state index contributed by atoms with van der Waals surface area (Å²) in [6.07, 6.45) is -7.05. The number of hydrogen-bond donors (Lipinski definition) is 0. The van der Waals surface area contributed by atoms with E-state index in [0.717, 1.165) is 7.11 Å². The minimum absolute atomic E-state index is 0.307. The molecule has 1 rings (SSSR count). The second-order valence-corrected chi connectivity index (χ2v) is 5.46. The first-order valence-corrected chi connectivity index (χ1v) is 6.36.